The number of carbonyl (C=O) groups is 2. The normalized spacial score (nSPS) is 10.4. The highest BCUT2D eigenvalue weighted by Crippen LogP contribution is 2.36. The number of nitrogens with one attached hydrogen (secondary N) is 1. The van der Waals surface area contributed by atoms with Crippen LogP contribution in [0.1, 0.15) is 27.6 Å². The highest BCUT2D eigenvalue weighted by Gasteiger charge is 2.22. The molecule has 5 nitrogen and oxygen atoms in total. The number of hydrogen-bond donors (Lipinski definition) is 1. The van der Waals surface area contributed by atoms with Crippen molar-refractivity contribution < 1.29 is 19.1 Å². The summed E-state index contributed by atoms with van der Waals surface area (Å²) < 4.78 is 10.3. The van der Waals surface area contributed by atoms with Crippen LogP contribution in [0.25, 0.3) is 11.1 Å². The van der Waals surface area contributed by atoms with E-state index in [1.54, 1.807) is 38.3 Å². The van der Waals surface area contributed by atoms with E-state index in [-0.39, 0.29) is 18.9 Å². The highest BCUT2D eigenvalue weighted by atomic mass is 32.1. The van der Waals surface area contributed by atoms with E-state index in [1.165, 1.54) is 11.3 Å². The molecule has 0 atom stereocenters. The van der Waals surface area contributed by atoms with E-state index < -0.39 is 5.97 Å². The molecule has 1 heterocycles. The summed E-state index contributed by atoms with van der Waals surface area (Å²) in [6.07, 6.45) is 0. The van der Waals surface area contributed by atoms with Gasteiger partial charge in [0.1, 0.15) is 16.3 Å². The van der Waals surface area contributed by atoms with Crippen molar-refractivity contribution in [2.24, 2.45) is 0 Å². The van der Waals surface area contributed by atoms with Crippen molar-refractivity contribution in [3.63, 3.8) is 0 Å². The molecule has 0 fully saturated rings. The molecule has 0 radical (unpaired) electrons. The lowest BCUT2D eigenvalue weighted by Crippen LogP contribution is -2.15. The van der Waals surface area contributed by atoms with Crippen LogP contribution in [0.4, 0.5) is 5.00 Å². The fraction of sp³-hybridized carbons (Fsp3) is 0.182. The van der Waals surface area contributed by atoms with Crippen molar-refractivity contribution in [2.75, 3.05) is 25.6 Å². The number of ketones is 1. The van der Waals surface area contributed by atoms with Crippen LogP contribution < -0.4 is 10.1 Å². The molecule has 2 aromatic carbocycles. The fourth-order valence-corrected chi connectivity index (χ4v) is 3.72. The first-order chi connectivity index (χ1) is 13.6. The van der Waals surface area contributed by atoms with Crippen molar-refractivity contribution in [2.45, 2.75) is 6.92 Å². The Bertz CT molecular complexity index is 948. The van der Waals surface area contributed by atoms with Gasteiger partial charge in [-0.25, -0.2) is 4.79 Å². The first-order valence-corrected chi connectivity index (χ1v) is 9.77. The lowest BCUT2D eigenvalue weighted by molar-refractivity contribution is 0.0528. The average molecular weight is 395 g/mol. The van der Waals surface area contributed by atoms with Gasteiger partial charge in [0.05, 0.1) is 20.3 Å². The first-order valence-electron chi connectivity index (χ1n) is 8.89. The molecule has 144 valence electrons. The highest BCUT2D eigenvalue weighted by molar-refractivity contribution is 7.15. The summed E-state index contributed by atoms with van der Waals surface area (Å²) in [4.78, 5) is 25.0. The van der Waals surface area contributed by atoms with Crippen LogP contribution in [0.3, 0.4) is 0 Å². The maximum absolute atomic E-state index is 12.6. The molecule has 1 N–H and O–H groups in total. The van der Waals surface area contributed by atoms with Crippen LogP contribution in [0.2, 0.25) is 0 Å². The zero-order valence-corrected chi connectivity index (χ0v) is 16.5. The Morgan fingerprint density at radius 2 is 1.75 bits per heavy atom. The van der Waals surface area contributed by atoms with E-state index in [0.29, 0.717) is 21.9 Å². The number of carbonyl (C=O) groups excluding carboxylic acids is 2. The maximum Gasteiger partial charge on any atom is 0.341 e. The van der Waals surface area contributed by atoms with Gasteiger partial charge in [-0.15, -0.1) is 11.3 Å². The minimum Gasteiger partial charge on any atom is -0.497 e. The summed E-state index contributed by atoms with van der Waals surface area (Å²) in [6.45, 7) is 2.13. The van der Waals surface area contributed by atoms with Crippen molar-refractivity contribution in [1.29, 1.82) is 0 Å². The summed E-state index contributed by atoms with van der Waals surface area (Å²) in [5.74, 6) is 0.217. The third-order valence-electron chi connectivity index (χ3n) is 4.18. The lowest BCUT2D eigenvalue weighted by atomic mass is 10.0. The zero-order valence-electron chi connectivity index (χ0n) is 15.7. The molecule has 0 amide bonds. The fourth-order valence-electron chi connectivity index (χ4n) is 2.76. The Morgan fingerprint density at radius 3 is 2.39 bits per heavy atom. The second-order valence-electron chi connectivity index (χ2n) is 5.95. The van der Waals surface area contributed by atoms with Gasteiger partial charge in [-0.2, -0.15) is 0 Å². The Kier molecular flexibility index (Phi) is 6.45. The molecule has 28 heavy (non-hydrogen) atoms. The number of methoxy groups -OCH3 is 1. The predicted octanol–water partition coefficient (Wildman–Crippen LogP) is 4.90. The quantitative estimate of drug-likeness (QED) is 0.434. The topological polar surface area (TPSA) is 64.6 Å². The molecule has 0 saturated heterocycles. The zero-order chi connectivity index (χ0) is 19.9. The molecular weight excluding hydrogens is 374 g/mol. The van der Waals surface area contributed by atoms with Gasteiger partial charge < -0.3 is 14.8 Å². The van der Waals surface area contributed by atoms with Gasteiger partial charge >= 0.3 is 5.97 Å². The number of ether oxygens (including phenoxy) is 2. The molecular formula is C22H21NO4S. The monoisotopic (exact) mass is 395 g/mol. The predicted molar refractivity (Wildman–Crippen MR) is 112 cm³/mol. The average Bonchev–Trinajstić information content (AvgIpc) is 3.17. The van der Waals surface area contributed by atoms with Gasteiger partial charge in [0.15, 0.2) is 5.78 Å². The van der Waals surface area contributed by atoms with E-state index >= 15 is 0 Å². The second-order valence-corrected chi connectivity index (χ2v) is 6.82. The molecule has 0 unspecified atom stereocenters. The van der Waals surface area contributed by atoms with Crippen LogP contribution in [0.15, 0.2) is 60.0 Å². The summed E-state index contributed by atoms with van der Waals surface area (Å²) >= 11 is 1.38. The molecule has 0 aliphatic rings. The van der Waals surface area contributed by atoms with Crippen LogP contribution >= 0.6 is 11.3 Å². The number of Topliss-reactive ketones (excluding diaryl/α,β-unsaturated/α-hetero) is 1. The third kappa shape index (κ3) is 4.40. The molecule has 0 aliphatic heterocycles. The van der Waals surface area contributed by atoms with Gasteiger partial charge in [-0.05, 0) is 36.8 Å². The lowest BCUT2D eigenvalue weighted by Gasteiger charge is -2.09. The molecule has 3 aromatic rings. The van der Waals surface area contributed by atoms with E-state index in [9.17, 15) is 9.59 Å². The summed E-state index contributed by atoms with van der Waals surface area (Å²) in [6, 6.07) is 16.6. The van der Waals surface area contributed by atoms with Crippen molar-refractivity contribution in [1.82, 2.24) is 0 Å². The minimum atomic E-state index is -0.401. The van der Waals surface area contributed by atoms with Gasteiger partial charge in [0.2, 0.25) is 0 Å². The van der Waals surface area contributed by atoms with E-state index in [4.69, 9.17) is 9.47 Å². The van der Waals surface area contributed by atoms with Crippen LogP contribution in [-0.2, 0) is 4.74 Å². The summed E-state index contributed by atoms with van der Waals surface area (Å²) in [5, 5.41) is 5.64. The Balaban J connectivity index is 1.82. The van der Waals surface area contributed by atoms with Crippen LogP contribution in [-0.4, -0.2) is 32.0 Å². The summed E-state index contributed by atoms with van der Waals surface area (Å²) in [5.41, 5.74) is 2.76. The number of benzene rings is 2. The number of thiophene rings is 1. The largest absolute Gasteiger partial charge is 0.497 e. The number of hydrogen-bond acceptors (Lipinski definition) is 6. The van der Waals surface area contributed by atoms with Gasteiger partial charge in [-0.3, -0.25) is 4.79 Å². The Hall–Kier alpha value is -3.12. The van der Waals surface area contributed by atoms with Crippen molar-refractivity contribution >= 4 is 28.1 Å². The number of esters is 1. The molecule has 0 aliphatic carbocycles. The molecule has 0 spiro atoms. The van der Waals surface area contributed by atoms with Gasteiger partial charge in [-0.1, -0.05) is 30.3 Å². The van der Waals surface area contributed by atoms with E-state index in [1.807, 2.05) is 35.7 Å². The molecule has 6 heteroatoms. The maximum atomic E-state index is 12.6. The van der Waals surface area contributed by atoms with E-state index in [0.717, 1.165) is 11.1 Å². The van der Waals surface area contributed by atoms with Crippen molar-refractivity contribution in [3.8, 4) is 16.9 Å². The number of rotatable bonds is 8. The second kappa shape index (κ2) is 9.19. The van der Waals surface area contributed by atoms with Gasteiger partial charge in [0.25, 0.3) is 0 Å². The minimum absolute atomic E-state index is 0.0767. The Morgan fingerprint density at radius 1 is 1.04 bits per heavy atom. The SMILES string of the molecule is CCOC(=O)c1c(-c2ccccc2)csc1NCC(=O)c1ccc(OC)cc1. The third-order valence-corrected chi connectivity index (χ3v) is 5.11. The molecule has 1 aromatic heterocycles. The van der Waals surface area contributed by atoms with E-state index in [2.05, 4.69) is 5.32 Å². The molecule has 3 rings (SSSR count). The first kappa shape index (κ1) is 19.6. The molecule has 0 saturated carbocycles. The standard InChI is InChI=1S/C22H21NO4S/c1-3-27-22(25)20-18(15-7-5-4-6-8-15)14-28-21(20)23-13-19(24)16-9-11-17(26-2)12-10-16/h4-12,14,23H,3,13H2,1-2H3. The molecule has 0 bridgehead atoms. The Labute approximate surface area is 167 Å². The van der Waals surface area contributed by atoms with Gasteiger partial charge in [0, 0.05) is 16.5 Å². The summed E-state index contributed by atoms with van der Waals surface area (Å²) in [7, 11) is 1.58. The van der Waals surface area contributed by atoms with Crippen LogP contribution in [0, 0.1) is 0 Å². The van der Waals surface area contributed by atoms with Crippen LogP contribution in [0.5, 0.6) is 5.75 Å². The van der Waals surface area contributed by atoms with Crippen molar-refractivity contribution in [3.05, 3.63) is 71.1 Å². The smallest absolute Gasteiger partial charge is 0.341 e. The number of anilines is 1.